The molecule has 146 valence electrons. The first-order chi connectivity index (χ1) is 13.9. The van der Waals surface area contributed by atoms with Gasteiger partial charge in [0.15, 0.2) is 0 Å². The summed E-state index contributed by atoms with van der Waals surface area (Å²) in [7, 11) is 0. The average molecular weight is 409 g/mol. The van der Waals surface area contributed by atoms with Crippen LogP contribution < -0.4 is 11.1 Å². The Morgan fingerprint density at radius 2 is 1.90 bits per heavy atom. The van der Waals surface area contributed by atoms with Gasteiger partial charge in [-0.05, 0) is 30.7 Å². The summed E-state index contributed by atoms with van der Waals surface area (Å²) in [6, 6.07) is 11.7. The maximum atomic E-state index is 13.3. The number of rotatable bonds is 3. The van der Waals surface area contributed by atoms with E-state index in [0.29, 0.717) is 21.8 Å². The van der Waals surface area contributed by atoms with E-state index < -0.39 is 11.5 Å². The first-order valence-electron chi connectivity index (χ1n) is 8.93. The lowest BCUT2D eigenvalue weighted by molar-refractivity contribution is 0.0917. The maximum Gasteiger partial charge on any atom is 0.281 e. The SMILES string of the molecule is CC(=O)n1c2cc(=O)n(Cc3cccnc3)c(C)c2c(=O)n1-c1ccccc1Cl. The number of nitrogens with zero attached hydrogens (tertiary/aromatic N) is 4. The van der Waals surface area contributed by atoms with Gasteiger partial charge in [-0.3, -0.25) is 19.4 Å². The monoisotopic (exact) mass is 408 g/mol. The first kappa shape index (κ1) is 18.9. The molecule has 3 aromatic heterocycles. The van der Waals surface area contributed by atoms with Crippen molar-refractivity contribution in [3.05, 3.63) is 91.8 Å². The van der Waals surface area contributed by atoms with Crippen molar-refractivity contribution < 1.29 is 4.79 Å². The van der Waals surface area contributed by atoms with Gasteiger partial charge in [0.25, 0.3) is 11.1 Å². The van der Waals surface area contributed by atoms with Crippen LogP contribution in [0.5, 0.6) is 0 Å². The lowest BCUT2D eigenvalue weighted by atomic mass is 10.2. The number of aryl methyl sites for hydroxylation is 1. The Bertz CT molecular complexity index is 1370. The number of para-hydroxylation sites is 1. The molecule has 0 aliphatic heterocycles. The summed E-state index contributed by atoms with van der Waals surface area (Å²) in [5, 5.41) is 0.617. The number of fused-ring (bicyclic) bond motifs is 1. The summed E-state index contributed by atoms with van der Waals surface area (Å²) in [6.45, 7) is 3.30. The number of hydrogen-bond acceptors (Lipinski definition) is 4. The molecule has 0 spiro atoms. The zero-order valence-corrected chi connectivity index (χ0v) is 16.6. The minimum absolute atomic E-state index is 0.257. The highest BCUT2D eigenvalue weighted by Gasteiger charge is 2.22. The molecule has 0 aliphatic carbocycles. The highest BCUT2D eigenvalue weighted by atomic mass is 35.5. The van der Waals surface area contributed by atoms with Gasteiger partial charge in [0, 0.05) is 31.1 Å². The summed E-state index contributed by atoms with van der Waals surface area (Å²) in [6.07, 6.45) is 3.32. The number of pyridine rings is 2. The molecule has 0 amide bonds. The van der Waals surface area contributed by atoms with Crippen molar-refractivity contribution >= 4 is 28.4 Å². The largest absolute Gasteiger partial charge is 0.308 e. The van der Waals surface area contributed by atoms with Crippen LogP contribution in [0.4, 0.5) is 0 Å². The Kier molecular flexibility index (Phi) is 4.68. The van der Waals surface area contributed by atoms with E-state index in [1.165, 1.54) is 26.9 Å². The Morgan fingerprint density at radius 3 is 2.55 bits per heavy atom. The molecule has 0 saturated carbocycles. The van der Waals surface area contributed by atoms with Gasteiger partial charge in [0.05, 0.1) is 28.2 Å². The van der Waals surface area contributed by atoms with Crippen molar-refractivity contribution in [2.75, 3.05) is 0 Å². The molecule has 7 nitrogen and oxygen atoms in total. The molecular weight excluding hydrogens is 392 g/mol. The highest BCUT2D eigenvalue weighted by molar-refractivity contribution is 6.32. The number of aromatic nitrogens is 4. The smallest absolute Gasteiger partial charge is 0.281 e. The van der Waals surface area contributed by atoms with E-state index in [9.17, 15) is 14.4 Å². The van der Waals surface area contributed by atoms with Gasteiger partial charge in [0.1, 0.15) is 0 Å². The number of hydrogen-bond donors (Lipinski definition) is 0. The van der Waals surface area contributed by atoms with E-state index in [-0.39, 0.29) is 17.6 Å². The number of benzene rings is 1. The average Bonchev–Trinajstić information content (AvgIpc) is 2.98. The molecule has 0 unspecified atom stereocenters. The third-order valence-corrected chi connectivity index (χ3v) is 5.15. The molecule has 0 atom stereocenters. The van der Waals surface area contributed by atoms with E-state index in [4.69, 9.17) is 11.6 Å². The molecule has 4 aromatic rings. The zero-order chi connectivity index (χ0) is 20.7. The molecule has 0 N–H and O–H groups in total. The molecule has 0 radical (unpaired) electrons. The van der Waals surface area contributed by atoms with Crippen LogP contribution in [0.3, 0.4) is 0 Å². The van der Waals surface area contributed by atoms with E-state index in [2.05, 4.69) is 4.98 Å². The lowest BCUT2D eigenvalue weighted by Gasteiger charge is -2.11. The van der Waals surface area contributed by atoms with E-state index in [1.54, 1.807) is 49.6 Å². The lowest BCUT2D eigenvalue weighted by Crippen LogP contribution is -2.24. The standard InChI is InChI=1S/C21H17ClN4O3/c1-13-20-18(10-19(28)24(13)12-15-6-5-9-23-11-15)25(14(2)27)26(21(20)29)17-8-4-3-7-16(17)22/h3-11H,12H2,1-2H3. The summed E-state index contributed by atoms with van der Waals surface area (Å²) in [5.41, 5.74) is 1.20. The summed E-state index contributed by atoms with van der Waals surface area (Å²) in [5.74, 6) is -0.402. The topological polar surface area (TPSA) is 78.9 Å². The molecule has 4 rings (SSSR count). The summed E-state index contributed by atoms with van der Waals surface area (Å²) < 4.78 is 3.92. The Hall–Kier alpha value is -3.45. The fourth-order valence-electron chi connectivity index (χ4n) is 3.51. The molecule has 0 aliphatic rings. The highest BCUT2D eigenvalue weighted by Crippen LogP contribution is 2.22. The minimum atomic E-state index is -0.416. The predicted octanol–water partition coefficient (Wildman–Crippen LogP) is 3.02. The fraction of sp³-hybridized carbons (Fsp3) is 0.143. The molecule has 8 heteroatoms. The van der Waals surface area contributed by atoms with Crippen molar-refractivity contribution in [1.82, 2.24) is 18.9 Å². The maximum absolute atomic E-state index is 13.3. The van der Waals surface area contributed by atoms with Crippen LogP contribution in [-0.4, -0.2) is 24.8 Å². The second kappa shape index (κ2) is 7.18. The van der Waals surface area contributed by atoms with Crippen LogP contribution in [0.15, 0.2) is 64.4 Å². The van der Waals surface area contributed by atoms with Crippen LogP contribution in [0.25, 0.3) is 16.6 Å². The Balaban J connectivity index is 2.06. The van der Waals surface area contributed by atoms with Crippen molar-refractivity contribution in [3.63, 3.8) is 0 Å². The first-order valence-corrected chi connectivity index (χ1v) is 9.31. The van der Waals surface area contributed by atoms with Gasteiger partial charge in [-0.25, -0.2) is 9.36 Å². The summed E-state index contributed by atoms with van der Waals surface area (Å²) in [4.78, 5) is 42.7. The molecule has 0 fully saturated rings. The van der Waals surface area contributed by atoms with Crippen molar-refractivity contribution in [2.24, 2.45) is 0 Å². The van der Waals surface area contributed by atoms with Gasteiger partial charge >= 0.3 is 0 Å². The molecule has 1 aromatic carbocycles. The summed E-state index contributed by atoms with van der Waals surface area (Å²) >= 11 is 6.29. The van der Waals surface area contributed by atoms with E-state index in [0.717, 1.165) is 5.56 Å². The van der Waals surface area contributed by atoms with Crippen LogP contribution >= 0.6 is 11.6 Å². The molecule has 3 heterocycles. The van der Waals surface area contributed by atoms with Crippen molar-refractivity contribution in [3.8, 4) is 5.69 Å². The second-order valence-corrected chi connectivity index (χ2v) is 7.08. The third-order valence-electron chi connectivity index (χ3n) is 4.83. The van der Waals surface area contributed by atoms with E-state index in [1.807, 2.05) is 6.07 Å². The predicted molar refractivity (Wildman–Crippen MR) is 111 cm³/mol. The van der Waals surface area contributed by atoms with Crippen LogP contribution in [0, 0.1) is 6.92 Å². The Labute approximate surface area is 170 Å². The van der Waals surface area contributed by atoms with E-state index >= 15 is 0 Å². The fourth-order valence-corrected chi connectivity index (χ4v) is 3.73. The van der Waals surface area contributed by atoms with Gasteiger partial charge in [-0.2, -0.15) is 0 Å². The normalized spacial score (nSPS) is 11.1. The molecule has 0 bridgehead atoms. The van der Waals surface area contributed by atoms with Crippen LogP contribution in [0.1, 0.15) is 23.0 Å². The zero-order valence-electron chi connectivity index (χ0n) is 15.8. The van der Waals surface area contributed by atoms with Gasteiger partial charge in [-0.15, -0.1) is 0 Å². The quantitative estimate of drug-likeness (QED) is 0.522. The number of carbonyl (C=O) groups excluding carboxylic acids is 1. The number of carbonyl (C=O) groups is 1. The van der Waals surface area contributed by atoms with Gasteiger partial charge in [-0.1, -0.05) is 29.8 Å². The number of halogens is 1. The van der Waals surface area contributed by atoms with Crippen molar-refractivity contribution in [2.45, 2.75) is 20.4 Å². The van der Waals surface area contributed by atoms with Crippen LogP contribution in [-0.2, 0) is 6.54 Å². The van der Waals surface area contributed by atoms with Crippen molar-refractivity contribution in [1.29, 1.82) is 0 Å². The van der Waals surface area contributed by atoms with Crippen LogP contribution in [0.2, 0.25) is 5.02 Å². The molecular formula is C21H17ClN4O3. The molecule has 0 saturated heterocycles. The minimum Gasteiger partial charge on any atom is -0.308 e. The third kappa shape index (κ3) is 3.09. The molecule has 29 heavy (non-hydrogen) atoms. The second-order valence-electron chi connectivity index (χ2n) is 6.67. The van der Waals surface area contributed by atoms with Gasteiger partial charge in [0.2, 0.25) is 5.91 Å². The van der Waals surface area contributed by atoms with Gasteiger partial charge < -0.3 is 4.57 Å². The Morgan fingerprint density at radius 1 is 1.14 bits per heavy atom.